The van der Waals surface area contributed by atoms with Crippen LogP contribution in [0, 0.1) is 0 Å². The van der Waals surface area contributed by atoms with Crippen LogP contribution >= 0.6 is 15.9 Å². The third kappa shape index (κ3) is 2.17. The number of nitrogen functional groups attached to an aromatic ring is 1. The summed E-state index contributed by atoms with van der Waals surface area (Å²) in [6.07, 6.45) is 1.64. The number of hydrogen-bond donors (Lipinski definition) is 1. The minimum atomic E-state index is -3.15. The highest BCUT2D eigenvalue weighted by atomic mass is 79.9. The van der Waals surface area contributed by atoms with Crippen LogP contribution in [0.2, 0.25) is 0 Å². The molecule has 0 atom stereocenters. The molecule has 2 rings (SSSR count). The van der Waals surface area contributed by atoms with Crippen molar-refractivity contribution in [3.05, 3.63) is 22.7 Å². The Morgan fingerprint density at radius 3 is 2.69 bits per heavy atom. The van der Waals surface area contributed by atoms with Gasteiger partial charge in [-0.15, -0.1) is 0 Å². The molecule has 1 aliphatic rings. The molecule has 0 spiro atoms. The van der Waals surface area contributed by atoms with Gasteiger partial charge < -0.3 is 5.73 Å². The van der Waals surface area contributed by atoms with Gasteiger partial charge in [-0.25, -0.2) is 8.42 Å². The molecule has 0 unspecified atom stereocenters. The Labute approximate surface area is 104 Å². The van der Waals surface area contributed by atoms with Crippen LogP contribution in [0.3, 0.4) is 0 Å². The van der Waals surface area contributed by atoms with Gasteiger partial charge in [0.25, 0.3) is 0 Å². The lowest BCUT2D eigenvalue weighted by Gasteiger charge is -2.29. The minimum absolute atomic E-state index is 0.226. The van der Waals surface area contributed by atoms with Gasteiger partial charge in [0.05, 0.1) is 11.4 Å². The summed E-state index contributed by atoms with van der Waals surface area (Å²) in [5.41, 5.74) is 6.92. The lowest BCUT2D eigenvalue weighted by molar-refractivity contribution is 0.574. The van der Waals surface area contributed by atoms with Crippen LogP contribution in [-0.4, -0.2) is 20.7 Å². The van der Waals surface area contributed by atoms with Crippen LogP contribution in [0.4, 0.5) is 11.4 Å². The van der Waals surface area contributed by atoms with E-state index in [1.807, 2.05) is 0 Å². The molecule has 1 aromatic rings. The Morgan fingerprint density at radius 2 is 2.06 bits per heavy atom. The molecule has 16 heavy (non-hydrogen) atoms. The molecular formula is C10H13BrN2O2S. The molecule has 1 heterocycles. The van der Waals surface area contributed by atoms with Gasteiger partial charge in [-0.05, 0) is 47.0 Å². The van der Waals surface area contributed by atoms with E-state index in [9.17, 15) is 8.42 Å². The standard InChI is InChI=1S/C10H13BrN2O2S/c11-9-7-8(12)3-4-10(9)13-5-1-2-6-16(13,14)15/h3-4,7H,1-2,5-6,12H2. The second-order valence-electron chi connectivity index (χ2n) is 3.81. The molecule has 1 fully saturated rings. The monoisotopic (exact) mass is 304 g/mol. The number of anilines is 2. The summed E-state index contributed by atoms with van der Waals surface area (Å²) in [7, 11) is -3.15. The van der Waals surface area contributed by atoms with Gasteiger partial charge in [0.1, 0.15) is 0 Å². The molecule has 0 aromatic heterocycles. The number of halogens is 1. The molecule has 0 radical (unpaired) electrons. The van der Waals surface area contributed by atoms with E-state index >= 15 is 0 Å². The molecule has 0 amide bonds. The number of sulfonamides is 1. The topological polar surface area (TPSA) is 63.4 Å². The fraction of sp³-hybridized carbons (Fsp3) is 0.400. The molecule has 1 aliphatic heterocycles. The maximum Gasteiger partial charge on any atom is 0.235 e. The smallest absolute Gasteiger partial charge is 0.235 e. The van der Waals surface area contributed by atoms with Crippen LogP contribution in [-0.2, 0) is 10.0 Å². The first-order valence-electron chi connectivity index (χ1n) is 5.06. The Bertz CT molecular complexity index is 502. The zero-order chi connectivity index (χ0) is 11.8. The summed E-state index contributed by atoms with van der Waals surface area (Å²) < 4.78 is 26.0. The summed E-state index contributed by atoms with van der Waals surface area (Å²) in [6, 6.07) is 5.17. The van der Waals surface area contributed by atoms with Crippen molar-refractivity contribution in [2.75, 3.05) is 22.3 Å². The Kier molecular flexibility index (Phi) is 3.12. The molecule has 1 saturated heterocycles. The lowest BCUT2D eigenvalue weighted by Crippen LogP contribution is -2.38. The third-order valence-corrected chi connectivity index (χ3v) is 5.08. The highest BCUT2D eigenvalue weighted by Gasteiger charge is 2.27. The van der Waals surface area contributed by atoms with E-state index in [0.29, 0.717) is 17.9 Å². The maximum atomic E-state index is 11.9. The van der Waals surface area contributed by atoms with E-state index in [1.54, 1.807) is 18.2 Å². The first-order chi connectivity index (χ1) is 7.50. The van der Waals surface area contributed by atoms with Gasteiger partial charge in [-0.3, -0.25) is 4.31 Å². The van der Waals surface area contributed by atoms with Crippen LogP contribution < -0.4 is 10.0 Å². The summed E-state index contributed by atoms with van der Waals surface area (Å²) in [5, 5.41) is 0. The molecule has 4 nitrogen and oxygen atoms in total. The van der Waals surface area contributed by atoms with E-state index in [0.717, 1.165) is 17.3 Å². The Balaban J connectivity index is 2.43. The van der Waals surface area contributed by atoms with Gasteiger partial charge in [0.2, 0.25) is 10.0 Å². The molecule has 88 valence electrons. The second-order valence-corrected chi connectivity index (χ2v) is 6.67. The van der Waals surface area contributed by atoms with Gasteiger partial charge in [0, 0.05) is 16.7 Å². The predicted octanol–water partition coefficient (Wildman–Crippen LogP) is 1.96. The van der Waals surface area contributed by atoms with Crippen molar-refractivity contribution in [3.63, 3.8) is 0 Å². The molecule has 1 aromatic carbocycles. The quantitative estimate of drug-likeness (QED) is 0.807. The van der Waals surface area contributed by atoms with E-state index in [-0.39, 0.29) is 5.75 Å². The second kappa shape index (κ2) is 4.25. The van der Waals surface area contributed by atoms with Gasteiger partial charge in [0.15, 0.2) is 0 Å². The average Bonchev–Trinajstić information content (AvgIpc) is 2.19. The summed E-state index contributed by atoms with van der Waals surface area (Å²) in [6.45, 7) is 0.546. The molecule has 0 aliphatic carbocycles. The molecule has 0 bridgehead atoms. The largest absolute Gasteiger partial charge is 0.399 e. The normalized spacial score (nSPS) is 19.7. The van der Waals surface area contributed by atoms with Crippen molar-refractivity contribution in [3.8, 4) is 0 Å². The molecular weight excluding hydrogens is 292 g/mol. The Hall–Kier alpha value is -0.750. The van der Waals surface area contributed by atoms with Crippen LogP contribution in [0.5, 0.6) is 0 Å². The van der Waals surface area contributed by atoms with Gasteiger partial charge >= 0.3 is 0 Å². The fourth-order valence-corrected chi connectivity index (χ4v) is 4.17. The van der Waals surface area contributed by atoms with E-state index in [2.05, 4.69) is 15.9 Å². The van der Waals surface area contributed by atoms with Crippen molar-refractivity contribution >= 4 is 37.3 Å². The van der Waals surface area contributed by atoms with E-state index < -0.39 is 10.0 Å². The van der Waals surface area contributed by atoms with Crippen molar-refractivity contribution < 1.29 is 8.42 Å². The molecule has 2 N–H and O–H groups in total. The number of rotatable bonds is 1. The Morgan fingerprint density at radius 1 is 1.31 bits per heavy atom. The summed E-state index contributed by atoms with van der Waals surface area (Å²) in [4.78, 5) is 0. The zero-order valence-corrected chi connectivity index (χ0v) is 11.1. The average molecular weight is 305 g/mol. The van der Waals surface area contributed by atoms with Crippen molar-refractivity contribution in [2.24, 2.45) is 0 Å². The first-order valence-corrected chi connectivity index (χ1v) is 7.46. The zero-order valence-electron chi connectivity index (χ0n) is 8.69. The number of hydrogen-bond acceptors (Lipinski definition) is 3. The SMILES string of the molecule is Nc1ccc(N2CCCCS2(=O)=O)c(Br)c1. The highest BCUT2D eigenvalue weighted by Crippen LogP contribution is 2.32. The van der Waals surface area contributed by atoms with Crippen molar-refractivity contribution in [1.29, 1.82) is 0 Å². The van der Waals surface area contributed by atoms with E-state index in [4.69, 9.17) is 5.73 Å². The van der Waals surface area contributed by atoms with Crippen LogP contribution in [0.15, 0.2) is 22.7 Å². The minimum Gasteiger partial charge on any atom is -0.399 e. The summed E-state index contributed by atoms with van der Waals surface area (Å²) >= 11 is 3.35. The highest BCUT2D eigenvalue weighted by molar-refractivity contribution is 9.10. The number of nitrogens with zero attached hydrogens (tertiary/aromatic N) is 1. The molecule has 0 saturated carbocycles. The van der Waals surface area contributed by atoms with Crippen LogP contribution in [0.25, 0.3) is 0 Å². The van der Waals surface area contributed by atoms with Gasteiger partial charge in [-0.1, -0.05) is 0 Å². The van der Waals surface area contributed by atoms with Gasteiger partial charge in [-0.2, -0.15) is 0 Å². The van der Waals surface area contributed by atoms with Crippen molar-refractivity contribution in [1.82, 2.24) is 0 Å². The lowest BCUT2D eigenvalue weighted by atomic mass is 10.2. The summed E-state index contributed by atoms with van der Waals surface area (Å²) in [5.74, 6) is 0.226. The van der Waals surface area contributed by atoms with Crippen LogP contribution in [0.1, 0.15) is 12.8 Å². The number of benzene rings is 1. The van der Waals surface area contributed by atoms with Crippen molar-refractivity contribution in [2.45, 2.75) is 12.8 Å². The third-order valence-electron chi connectivity index (χ3n) is 2.59. The first kappa shape index (κ1) is 11.7. The van der Waals surface area contributed by atoms with E-state index in [1.165, 1.54) is 4.31 Å². The molecule has 6 heteroatoms. The fourth-order valence-electron chi connectivity index (χ4n) is 1.78. The maximum absolute atomic E-state index is 11.9. The predicted molar refractivity (Wildman–Crippen MR) is 68.9 cm³/mol. The number of nitrogens with two attached hydrogens (primary N) is 1.